The van der Waals surface area contributed by atoms with Gasteiger partial charge in [-0.3, -0.25) is 4.90 Å². The molecule has 1 aromatic rings. The number of rotatable bonds is 3. The van der Waals surface area contributed by atoms with Crippen molar-refractivity contribution in [2.45, 2.75) is 31.8 Å². The lowest BCUT2D eigenvalue weighted by atomic mass is 9.99. The fourth-order valence-electron chi connectivity index (χ4n) is 2.55. The van der Waals surface area contributed by atoms with Crippen molar-refractivity contribution in [3.05, 3.63) is 35.9 Å². The number of ether oxygens (including phenoxy) is 1. The summed E-state index contributed by atoms with van der Waals surface area (Å²) in [6.07, 6.45) is -0.225. The first kappa shape index (κ1) is 14.0. The summed E-state index contributed by atoms with van der Waals surface area (Å²) in [5, 5.41) is 20.2. The second-order valence-electron chi connectivity index (χ2n) is 5.01. The molecular weight excluding hydrogens is 246 g/mol. The SMILES string of the molecule is C[C@@H]1CN(C(O)(C(=O)O)c2ccccc2)C[C@H](C)O1. The number of carboxylic acid groups (broad SMARTS) is 1. The zero-order valence-corrected chi connectivity index (χ0v) is 11.1. The van der Waals surface area contributed by atoms with Gasteiger partial charge in [-0.15, -0.1) is 0 Å². The molecule has 0 bridgehead atoms. The van der Waals surface area contributed by atoms with Gasteiger partial charge in [0.05, 0.1) is 12.2 Å². The van der Waals surface area contributed by atoms with Crippen LogP contribution in [0.2, 0.25) is 0 Å². The largest absolute Gasteiger partial charge is 0.478 e. The molecule has 1 unspecified atom stereocenters. The molecule has 5 nitrogen and oxygen atoms in total. The number of hydrogen-bond acceptors (Lipinski definition) is 4. The Balaban J connectivity index is 2.37. The quantitative estimate of drug-likeness (QED) is 0.854. The second-order valence-corrected chi connectivity index (χ2v) is 5.01. The summed E-state index contributed by atoms with van der Waals surface area (Å²) in [6.45, 7) is 4.50. The van der Waals surface area contributed by atoms with E-state index in [1.165, 1.54) is 0 Å². The predicted molar refractivity (Wildman–Crippen MR) is 69.6 cm³/mol. The van der Waals surface area contributed by atoms with Crippen LogP contribution in [0.1, 0.15) is 19.4 Å². The Hall–Kier alpha value is -1.43. The summed E-state index contributed by atoms with van der Waals surface area (Å²) in [5.74, 6) is -1.26. The van der Waals surface area contributed by atoms with E-state index in [2.05, 4.69) is 0 Å². The number of hydrogen-bond donors (Lipinski definition) is 2. The molecule has 1 saturated heterocycles. The molecule has 1 aliphatic heterocycles. The molecule has 3 atom stereocenters. The number of carboxylic acids is 1. The number of nitrogens with zero attached hydrogens (tertiary/aromatic N) is 1. The van der Waals surface area contributed by atoms with E-state index in [0.29, 0.717) is 18.7 Å². The van der Waals surface area contributed by atoms with Gasteiger partial charge >= 0.3 is 5.97 Å². The minimum Gasteiger partial charge on any atom is -0.478 e. The topological polar surface area (TPSA) is 70.0 Å². The molecule has 1 aromatic carbocycles. The van der Waals surface area contributed by atoms with Crippen LogP contribution in [0, 0.1) is 0 Å². The number of aliphatic carboxylic acids is 1. The van der Waals surface area contributed by atoms with Crippen LogP contribution in [0.4, 0.5) is 0 Å². The fraction of sp³-hybridized carbons (Fsp3) is 0.500. The molecule has 2 N–H and O–H groups in total. The molecule has 1 fully saturated rings. The van der Waals surface area contributed by atoms with Gasteiger partial charge in [-0.25, -0.2) is 4.79 Å². The van der Waals surface area contributed by atoms with Gasteiger partial charge in [-0.2, -0.15) is 0 Å². The molecular formula is C14H19NO4. The Morgan fingerprint density at radius 1 is 1.26 bits per heavy atom. The monoisotopic (exact) mass is 265 g/mol. The summed E-state index contributed by atoms with van der Waals surface area (Å²) in [5.41, 5.74) is -1.64. The maximum absolute atomic E-state index is 11.6. The average molecular weight is 265 g/mol. The molecule has 0 aromatic heterocycles. The molecule has 2 rings (SSSR count). The zero-order chi connectivity index (χ0) is 14.0. The Morgan fingerprint density at radius 2 is 1.79 bits per heavy atom. The van der Waals surface area contributed by atoms with Crippen LogP contribution in [0.25, 0.3) is 0 Å². The Bertz CT molecular complexity index is 440. The summed E-state index contributed by atoms with van der Waals surface area (Å²) >= 11 is 0. The van der Waals surface area contributed by atoms with Crippen molar-refractivity contribution in [2.75, 3.05) is 13.1 Å². The Morgan fingerprint density at radius 3 is 2.26 bits per heavy atom. The molecule has 1 heterocycles. The lowest BCUT2D eigenvalue weighted by Gasteiger charge is -2.43. The van der Waals surface area contributed by atoms with Crippen molar-refractivity contribution < 1.29 is 19.7 Å². The van der Waals surface area contributed by atoms with Gasteiger partial charge < -0.3 is 14.9 Å². The molecule has 0 saturated carbocycles. The van der Waals surface area contributed by atoms with Crippen LogP contribution in [-0.4, -0.2) is 46.4 Å². The van der Waals surface area contributed by atoms with Crippen molar-refractivity contribution in [3.63, 3.8) is 0 Å². The first-order valence-corrected chi connectivity index (χ1v) is 6.36. The summed E-state index contributed by atoms with van der Waals surface area (Å²) < 4.78 is 5.58. The standard InChI is InChI=1S/C14H19NO4/c1-10-8-15(9-11(2)19-10)14(18,13(16)17)12-6-4-3-5-7-12/h3-7,10-11,18H,8-9H2,1-2H3,(H,16,17)/t10-,11+,14?. The van der Waals surface area contributed by atoms with E-state index in [4.69, 9.17) is 4.74 Å². The highest BCUT2D eigenvalue weighted by Gasteiger charge is 2.46. The van der Waals surface area contributed by atoms with E-state index in [0.717, 1.165) is 0 Å². The lowest BCUT2D eigenvalue weighted by Crippen LogP contribution is -2.59. The molecule has 104 valence electrons. The van der Waals surface area contributed by atoms with Gasteiger partial charge in [0.25, 0.3) is 0 Å². The van der Waals surface area contributed by atoms with Crippen LogP contribution >= 0.6 is 0 Å². The predicted octanol–water partition coefficient (Wildman–Crippen LogP) is 1.03. The van der Waals surface area contributed by atoms with Gasteiger partial charge in [-0.05, 0) is 13.8 Å². The van der Waals surface area contributed by atoms with Crippen LogP contribution in [0.3, 0.4) is 0 Å². The van der Waals surface area contributed by atoms with Crippen molar-refractivity contribution >= 4 is 5.97 Å². The molecule has 0 radical (unpaired) electrons. The van der Waals surface area contributed by atoms with Crippen molar-refractivity contribution in [2.24, 2.45) is 0 Å². The van der Waals surface area contributed by atoms with Crippen molar-refractivity contribution in [1.82, 2.24) is 4.90 Å². The van der Waals surface area contributed by atoms with Gasteiger partial charge in [-0.1, -0.05) is 30.3 Å². The molecule has 0 amide bonds. The van der Waals surface area contributed by atoms with E-state index in [9.17, 15) is 15.0 Å². The zero-order valence-electron chi connectivity index (χ0n) is 11.1. The van der Waals surface area contributed by atoms with E-state index < -0.39 is 11.7 Å². The van der Waals surface area contributed by atoms with E-state index >= 15 is 0 Å². The number of benzene rings is 1. The van der Waals surface area contributed by atoms with Crippen LogP contribution in [-0.2, 0) is 15.3 Å². The molecule has 0 spiro atoms. The van der Waals surface area contributed by atoms with Gasteiger partial charge in [0, 0.05) is 18.7 Å². The molecule has 5 heteroatoms. The minimum absolute atomic E-state index is 0.113. The fourth-order valence-corrected chi connectivity index (χ4v) is 2.55. The third-order valence-electron chi connectivity index (χ3n) is 3.35. The normalized spacial score (nSPS) is 27.7. The van der Waals surface area contributed by atoms with Gasteiger partial charge in [0.2, 0.25) is 5.72 Å². The third-order valence-corrected chi connectivity index (χ3v) is 3.35. The Labute approximate surface area is 112 Å². The second kappa shape index (κ2) is 5.28. The van der Waals surface area contributed by atoms with Crippen molar-refractivity contribution in [1.29, 1.82) is 0 Å². The maximum Gasteiger partial charge on any atom is 0.356 e. The van der Waals surface area contributed by atoms with E-state index in [1.807, 2.05) is 13.8 Å². The summed E-state index contributed by atoms with van der Waals surface area (Å²) in [6, 6.07) is 8.47. The highest BCUT2D eigenvalue weighted by molar-refractivity contribution is 5.78. The smallest absolute Gasteiger partial charge is 0.356 e. The summed E-state index contributed by atoms with van der Waals surface area (Å²) in [7, 11) is 0. The minimum atomic E-state index is -2.01. The van der Waals surface area contributed by atoms with E-state index in [1.54, 1.807) is 35.2 Å². The number of morpholine rings is 1. The van der Waals surface area contributed by atoms with Gasteiger partial charge in [0.15, 0.2) is 0 Å². The first-order valence-electron chi connectivity index (χ1n) is 6.36. The van der Waals surface area contributed by atoms with Crippen LogP contribution < -0.4 is 0 Å². The first-order chi connectivity index (χ1) is 8.94. The van der Waals surface area contributed by atoms with Crippen LogP contribution in [0.5, 0.6) is 0 Å². The highest BCUT2D eigenvalue weighted by Crippen LogP contribution is 2.29. The highest BCUT2D eigenvalue weighted by atomic mass is 16.5. The molecule has 19 heavy (non-hydrogen) atoms. The Kier molecular flexibility index (Phi) is 3.89. The number of aliphatic hydroxyl groups is 1. The summed E-state index contributed by atoms with van der Waals surface area (Å²) in [4.78, 5) is 13.2. The molecule has 0 aliphatic carbocycles. The van der Waals surface area contributed by atoms with E-state index in [-0.39, 0.29) is 12.2 Å². The van der Waals surface area contributed by atoms with Gasteiger partial charge in [0.1, 0.15) is 0 Å². The van der Waals surface area contributed by atoms with Crippen LogP contribution in [0.15, 0.2) is 30.3 Å². The molecule has 1 aliphatic rings. The number of carbonyl (C=O) groups is 1. The average Bonchev–Trinajstić information content (AvgIpc) is 2.37. The maximum atomic E-state index is 11.6. The lowest BCUT2D eigenvalue weighted by molar-refractivity contribution is -0.206. The third kappa shape index (κ3) is 2.63. The van der Waals surface area contributed by atoms with Crippen molar-refractivity contribution in [3.8, 4) is 0 Å².